The largest absolute Gasteiger partial charge is 0.290 e. The molecule has 1 aromatic heterocycles. The van der Waals surface area contributed by atoms with Crippen LogP contribution >= 0.6 is 0 Å². The van der Waals surface area contributed by atoms with Crippen LogP contribution in [-0.4, -0.2) is 41.9 Å². The third kappa shape index (κ3) is 3.71. The lowest BCUT2D eigenvalue weighted by Crippen LogP contribution is -2.46. The summed E-state index contributed by atoms with van der Waals surface area (Å²) in [5.41, 5.74) is 4.46. The molecule has 2 aromatic carbocycles. The number of carbonyl (C=O) groups excluding carboxylic acids is 2. The Labute approximate surface area is 182 Å². The highest BCUT2D eigenvalue weighted by atomic mass is 32.2. The van der Waals surface area contributed by atoms with Crippen molar-refractivity contribution in [3.63, 3.8) is 0 Å². The summed E-state index contributed by atoms with van der Waals surface area (Å²) in [5, 5.41) is 4.64. The summed E-state index contributed by atoms with van der Waals surface area (Å²) in [6, 6.07) is 11.7. The highest BCUT2D eigenvalue weighted by Gasteiger charge is 2.31. The fourth-order valence-electron chi connectivity index (χ4n) is 3.23. The Morgan fingerprint density at radius 2 is 1.72 bits per heavy atom. The number of hydrogen-bond donors (Lipinski definition) is 3. The second kappa shape index (κ2) is 7.89. The normalized spacial score (nSPS) is 16.2. The van der Waals surface area contributed by atoms with Gasteiger partial charge in [-0.2, -0.15) is 5.10 Å². The zero-order chi connectivity index (χ0) is 23.0. The first-order valence-corrected chi connectivity index (χ1v) is 10.9. The molecule has 32 heavy (non-hydrogen) atoms. The summed E-state index contributed by atoms with van der Waals surface area (Å²) in [6.07, 6.45) is 0. The van der Waals surface area contributed by atoms with Crippen molar-refractivity contribution in [2.24, 2.45) is 12.0 Å². The predicted octanol–water partition coefficient (Wildman–Crippen LogP) is -0.178. The van der Waals surface area contributed by atoms with Crippen molar-refractivity contribution >= 4 is 38.4 Å². The highest BCUT2D eigenvalue weighted by molar-refractivity contribution is 7.90. The molecule has 1 aliphatic heterocycles. The van der Waals surface area contributed by atoms with Crippen LogP contribution in [0, 0.1) is 0 Å². The number of aryl methyl sites for hydroxylation is 1. The summed E-state index contributed by atoms with van der Waals surface area (Å²) < 4.78 is 27.7. The Hall–Kier alpha value is -4.06. The summed E-state index contributed by atoms with van der Waals surface area (Å²) in [4.78, 5) is 41.5. The number of amidine groups is 1. The van der Waals surface area contributed by atoms with E-state index in [-0.39, 0.29) is 22.0 Å². The topological polar surface area (TPSA) is 152 Å². The summed E-state index contributed by atoms with van der Waals surface area (Å²) >= 11 is 0. The van der Waals surface area contributed by atoms with Gasteiger partial charge in [0.25, 0.3) is 27.4 Å². The van der Waals surface area contributed by atoms with Crippen LogP contribution in [0.15, 0.2) is 63.2 Å². The quantitative estimate of drug-likeness (QED) is 0.467. The van der Waals surface area contributed by atoms with Gasteiger partial charge in [-0.3, -0.25) is 34.9 Å². The van der Waals surface area contributed by atoms with Crippen LogP contribution < -0.4 is 21.1 Å². The Morgan fingerprint density at radius 3 is 2.47 bits per heavy atom. The van der Waals surface area contributed by atoms with Gasteiger partial charge in [-0.25, -0.2) is 13.1 Å². The number of hydrogen-bond acceptors (Lipinski definition) is 7. The molecule has 0 fully saturated rings. The molecule has 0 bridgehead atoms. The number of benzene rings is 2. The molecule has 0 aliphatic carbocycles. The summed E-state index contributed by atoms with van der Waals surface area (Å²) in [7, 11) is -2.32. The fourth-order valence-corrected chi connectivity index (χ4v) is 4.47. The van der Waals surface area contributed by atoms with Gasteiger partial charge in [-0.1, -0.05) is 30.3 Å². The monoisotopic (exact) mass is 454 g/mol. The van der Waals surface area contributed by atoms with Crippen LogP contribution in [0.3, 0.4) is 0 Å². The minimum absolute atomic E-state index is 0.0419. The Kier molecular flexibility index (Phi) is 5.22. The van der Waals surface area contributed by atoms with Crippen molar-refractivity contribution in [2.45, 2.75) is 17.9 Å². The number of aliphatic imine (C=N–C) groups is 1. The second-order valence-corrected chi connectivity index (χ2v) is 8.67. The van der Waals surface area contributed by atoms with Crippen molar-refractivity contribution < 1.29 is 18.0 Å². The van der Waals surface area contributed by atoms with Gasteiger partial charge in [0.1, 0.15) is 11.9 Å². The first kappa shape index (κ1) is 21.2. The van der Waals surface area contributed by atoms with E-state index in [2.05, 4.69) is 25.7 Å². The molecule has 3 aromatic rings. The SMILES string of the molecule is CC(N=C1NS(=O)(=O)c2ccccc21)C(=O)NNC(=O)c1nn(C)c(=O)c2ccccc12. The predicted molar refractivity (Wildman–Crippen MR) is 115 cm³/mol. The number of carbonyl (C=O) groups is 2. The molecule has 0 spiro atoms. The van der Waals surface area contributed by atoms with Gasteiger partial charge in [-0.15, -0.1) is 0 Å². The maximum absolute atomic E-state index is 12.6. The van der Waals surface area contributed by atoms with Crippen LogP contribution in [0.4, 0.5) is 0 Å². The zero-order valence-electron chi connectivity index (χ0n) is 17.0. The number of amides is 2. The van der Waals surface area contributed by atoms with Gasteiger partial charge < -0.3 is 0 Å². The van der Waals surface area contributed by atoms with Gasteiger partial charge in [0.2, 0.25) is 0 Å². The minimum Gasteiger partial charge on any atom is -0.271 e. The van der Waals surface area contributed by atoms with E-state index in [1.807, 2.05) is 0 Å². The van der Waals surface area contributed by atoms with Crippen LogP contribution in [-0.2, 0) is 21.9 Å². The van der Waals surface area contributed by atoms with Gasteiger partial charge >= 0.3 is 0 Å². The van der Waals surface area contributed by atoms with Crippen molar-refractivity contribution in [2.75, 3.05) is 0 Å². The maximum atomic E-state index is 12.6. The number of aromatic nitrogens is 2. The highest BCUT2D eigenvalue weighted by Crippen LogP contribution is 2.22. The van der Waals surface area contributed by atoms with Crippen molar-refractivity contribution in [1.82, 2.24) is 25.4 Å². The van der Waals surface area contributed by atoms with Crippen molar-refractivity contribution in [3.05, 3.63) is 70.1 Å². The molecule has 2 heterocycles. The fraction of sp³-hybridized carbons (Fsp3) is 0.150. The van der Waals surface area contributed by atoms with Gasteiger partial charge in [0.15, 0.2) is 5.69 Å². The smallest absolute Gasteiger partial charge is 0.271 e. The lowest BCUT2D eigenvalue weighted by atomic mass is 10.1. The second-order valence-electron chi connectivity index (χ2n) is 7.02. The average molecular weight is 454 g/mol. The Balaban J connectivity index is 1.51. The van der Waals surface area contributed by atoms with E-state index in [9.17, 15) is 22.8 Å². The van der Waals surface area contributed by atoms with Crippen LogP contribution in [0.5, 0.6) is 0 Å². The molecule has 2 amide bonds. The first-order valence-electron chi connectivity index (χ1n) is 9.45. The van der Waals surface area contributed by atoms with Crippen LogP contribution in [0.2, 0.25) is 0 Å². The Morgan fingerprint density at radius 1 is 1.06 bits per heavy atom. The van der Waals surface area contributed by atoms with Gasteiger partial charge in [-0.05, 0) is 25.1 Å². The minimum atomic E-state index is -3.73. The molecule has 3 N–H and O–H groups in total. The summed E-state index contributed by atoms with van der Waals surface area (Å²) in [6.45, 7) is 1.45. The molecule has 1 aliphatic rings. The molecule has 1 unspecified atom stereocenters. The third-order valence-corrected chi connectivity index (χ3v) is 6.23. The molecule has 12 heteroatoms. The van der Waals surface area contributed by atoms with Crippen molar-refractivity contribution in [1.29, 1.82) is 0 Å². The molecule has 0 saturated carbocycles. The molecule has 164 valence electrons. The number of sulfonamides is 1. The van der Waals surface area contributed by atoms with E-state index in [1.54, 1.807) is 42.5 Å². The van der Waals surface area contributed by atoms with Gasteiger partial charge in [0.05, 0.1) is 10.3 Å². The lowest BCUT2D eigenvalue weighted by molar-refractivity contribution is -0.122. The Bertz CT molecular complexity index is 1460. The molecule has 1 atom stereocenters. The number of nitrogens with zero attached hydrogens (tertiary/aromatic N) is 3. The number of fused-ring (bicyclic) bond motifs is 2. The van der Waals surface area contributed by atoms with E-state index >= 15 is 0 Å². The van der Waals surface area contributed by atoms with E-state index in [4.69, 9.17) is 0 Å². The lowest BCUT2D eigenvalue weighted by Gasteiger charge is -2.12. The van der Waals surface area contributed by atoms with Gasteiger partial charge in [0, 0.05) is 18.0 Å². The molecule has 0 saturated heterocycles. The maximum Gasteiger partial charge on any atom is 0.290 e. The van der Waals surface area contributed by atoms with E-state index in [0.29, 0.717) is 16.3 Å². The molecule has 4 rings (SSSR count). The number of hydrazine groups is 1. The molecule has 0 radical (unpaired) electrons. The summed E-state index contributed by atoms with van der Waals surface area (Å²) in [5.74, 6) is -1.36. The molecular weight excluding hydrogens is 436 g/mol. The number of nitrogens with one attached hydrogen (secondary N) is 3. The standard InChI is InChI=1S/C20H18N6O5S/c1-11(21-17-14-9-5-6-10-15(14)32(30,31)25-17)18(27)22-23-19(28)16-12-7-3-4-8-13(12)20(29)26(2)24-16/h3-11H,1-2H3,(H,21,25)(H,22,27)(H,23,28). The zero-order valence-corrected chi connectivity index (χ0v) is 17.8. The molecular formula is C20H18N6O5S. The van der Waals surface area contributed by atoms with Crippen molar-refractivity contribution in [3.8, 4) is 0 Å². The first-order chi connectivity index (χ1) is 15.2. The molecule has 11 nitrogen and oxygen atoms in total. The van der Waals surface area contributed by atoms with Crippen LogP contribution in [0.25, 0.3) is 10.8 Å². The van der Waals surface area contributed by atoms with Crippen LogP contribution in [0.1, 0.15) is 23.0 Å². The average Bonchev–Trinajstić information content (AvgIpc) is 3.04. The number of rotatable bonds is 3. The third-order valence-electron chi connectivity index (χ3n) is 4.84. The van der Waals surface area contributed by atoms with E-state index in [1.165, 1.54) is 20.0 Å². The van der Waals surface area contributed by atoms with E-state index in [0.717, 1.165) is 4.68 Å². The van der Waals surface area contributed by atoms with E-state index < -0.39 is 27.9 Å².